The molecule has 2 heterocycles. The molecule has 0 saturated carbocycles. The van der Waals surface area contributed by atoms with Gasteiger partial charge >= 0.3 is 0 Å². The third-order valence-electron chi connectivity index (χ3n) is 4.89. The first kappa shape index (κ1) is 20.2. The van der Waals surface area contributed by atoms with Crippen LogP contribution in [0.4, 0.5) is 0 Å². The molecule has 0 radical (unpaired) electrons. The Hall–Kier alpha value is -1.11. The molecule has 2 rings (SSSR count). The minimum atomic E-state index is -0.936. The van der Waals surface area contributed by atoms with Gasteiger partial charge in [-0.15, -0.1) is 0 Å². The van der Waals surface area contributed by atoms with E-state index < -0.39 is 5.60 Å². The summed E-state index contributed by atoms with van der Waals surface area (Å²) in [6.07, 6.45) is 2.61. The molecule has 1 aromatic rings. The van der Waals surface area contributed by atoms with Crippen molar-refractivity contribution in [3.05, 3.63) is 22.4 Å². The van der Waals surface area contributed by atoms with Crippen molar-refractivity contribution in [2.24, 2.45) is 10.9 Å². The highest BCUT2D eigenvalue weighted by Gasteiger charge is 2.25. The Bertz CT molecular complexity index is 522. The highest BCUT2D eigenvalue weighted by atomic mass is 32.1. The standard InChI is InChI=1S/C19H34N4OS/c1-5-20-18(22-14-19(4,24)16-8-11-25-13-16)21-12-17(15(2)3)23-9-6-7-10-23/h8,11,13,15,17,24H,5-7,9-10,12,14H2,1-4H3,(H2,20,21,22). The van der Waals surface area contributed by atoms with Gasteiger partial charge < -0.3 is 15.7 Å². The minimum Gasteiger partial charge on any atom is -0.383 e. The van der Waals surface area contributed by atoms with E-state index in [1.807, 2.05) is 23.8 Å². The maximum atomic E-state index is 10.7. The second-order valence-electron chi connectivity index (χ2n) is 7.42. The van der Waals surface area contributed by atoms with Gasteiger partial charge in [0.25, 0.3) is 0 Å². The summed E-state index contributed by atoms with van der Waals surface area (Å²) in [5, 5.41) is 21.4. The van der Waals surface area contributed by atoms with E-state index in [4.69, 9.17) is 0 Å². The number of aliphatic hydroxyl groups is 1. The van der Waals surface area contributed by atoms with Gasteiger partial charge in [-0.25, -0.2) is 4.99 Å². The summed E-state index contributed by atoms with van der Waals surface area (Å²) in [7, 11) is 0. The molecule has 0 aliphatic carbocycles. The maximum Gasteiger partial charge on any atom is 0.191 e. The van der Waals surface area contributed by atoms with Crippen molar-refractivity contribution in [2.45, 2.75) is 52.2 Å². The lowest BCUT2D eigenvalue weighted by Crippen LogP contribution is -2.48. The lowest BCUT2D eigenvalue weighted by molar-refractivity contribution is 0.0677. The second-order valence-corrected chi connectivity index (χ2v) is 8.20. The van der Waals surface area contributed by atoms with Gasteiger partial charge in [-0.3, -0.25) is 4.90 Å². The molecule has 0 amide bonds. The summed E-state index contributed by atoms with van der Waals surface area (Å²) in [5.74, 6) is 1.38. The maximum absolute atomic E-state index is 10.7. The highest BCUT2D eigenvalue weighted by Crippen LogP contribution is 2.23. The molecule has 1 aliphatic heterocycles. The molecular formula is C19H34N4OS. The van der Waals surface area contributed by atoms with Crippen molar-refractivity contribution in [2.75, 3.05) is 32.7 Å². The molecule has 1 fully saturated rings. The number of hydrogen-bond donors (Lipinski definition) is 3. The molecule has 0 aromatic carbocycles. The number of guanidine groups is 1. The van der Waals surface area contributed by atoms with Gasteiger partial charge in [-0.1, -0.05) is 13.8 Å². The molecule has 5 nitrogen and oxygen atoms in total. The van der Waals surface area contributed by atoms with E-state index in [1.54, 1.807) is 11.3 Å². The molecule has 1 aliphatic rings. The number of nitrogens with one attached hydrogen (secondary N) is 2. The fourth-order valence-corrected chi connectivity index (χ4v) is 4.08. The van der Waals surface area contributed by atoms with E-state index >= 15 is 0 Å². The Morgan fingerprint density at radius 3 is 2.64 bits per heavy atom. The van der Waals surface area contributed by atoms with E-state index in [1.165, 1.54) is 25.9 Å². The molecule has 3 N–H and O–H groups in total. The SMILES string of the molecule is CCNC(=NCC(C)(O)c1ccsc1)NCC(C(C)C)N1CCCC1. The van der Waals surface area contributed by atoms with Crippen molar-refractivity contribution in [3.63, 3.8) is 0 Å². The summed E-state index contributed by atoms with van der Waals surface area (Å²) in [6, 6.07) is 2.48. The summed E-state index contributed by atoms with van der Waals surface area (Å²) in [4.78, 5) is 7.22. The molecule has 6 heteroatoms. The zero-order valence-corrected chi connectivity index (χ0v) is 16.9. The van der Waals surface area contributed by atoms with Crippen LogP contribution in [0, 0.1) is 5.92 Å². The number of hydrogen-bond acceptors (Lipinski definition) is 4. The van der Waals surface area contributed by atoms with Crippen molar-refractivity contribution in [3.8, 4) is 0 Å². The van der Waals surface area contributed by atoms with Crippen LogP contribution in [-0.4, -0.2) is 54.7 Å². The largest absolute Gasteiger partial charge is 0.383 e. The lowest BCUT2D eigenvalue weighted by atomic mass is 10.00. The van der Waals surface area contributed by atoms with Crippen LogP contribution in [0.25, 0.3) is 0 Å². The Morgan fingerprint density at radius 2 is 2.08 bits per heavy atom. The Balaban J connectivity index is 1.96. The average molecular weight is 367 g/mol. The average Bonchev–Trinajstić information content (AvgIpc) is 3.26. The summed E-state index contributed by atoms with van der Waals surface area (Å²) in [6.45, 7) is 12.9. The topological polar surface area (TPSA) is 59.9 Å². The highest BCUT2D eigenvalue weighted by molar-refractivity contribution is 7.08. The summed E-state index contributed by atoms with van der Waals surface area (Å²) >= 11 is 1.60. The number of nitrogens with zero attached hydrogens (tertiary/aromatic N) is 2. The van der Waals surface area contributed by atoms with Crippen LogP contribution < -0.4 is 10.6 Å². The fraction of sp³-hybridized carbons (Fsp3) is 0.737. The Labute approximate surface area is 156 Å². The molecule has 2 atom stereocenters. The van der Waals surface area contributed by atoms with E-state index in [2.05, 4.69) is 41.3 Å². The molecule has 0 spiro atoms. The van der Waals surface area contributed by atoms with Gasteiger partial charge in [0.2, 0.25) is 0 Å². The lowest BCUT2D eigenvalue weighted by Gasteiger charge is -2.31. The van der Waals surface area contributed by atoms with E-state index in [-0.39, 0.29) is 0 Å². The number of thiophene rings is 1. The normalized spacial score (nSPS) is 19.8. The molecule has 1 aromatic heterocycles. The minimum absolute atomic E-state index is 0.342. The smallest absolute Gasteiger partial charge is 0.191 e. The number of rotatable bonds is 8. The first-order valence-corrected chi connectivity index (χ1v) is 10.4. The number of likely N-dealkylation sites (tertiary alicyclic amines) is 1. The van der Waals surface area contributed by atoms with Gasteiger partial charge in [0.15, 0.2) is 5.96 Å². The van der Waals surface area contributed by atoms with Crippen LogP contribution in [0.3, 0.4) is 0 Å². The van der Waals surface area contributed by atoms with Gasteiger partial charge in [0, 0.05) is 19.1 Å². The summed E-state index contributed by atoms with van der Waals surface area (Å²) in [5.41, 5.74) is -0.0106. The van der Waals surface area contributed by atoms with Crippen LogP contribution in [0.5, 0.6) is 0 Å². The van der Waals surface area contributed by atoms with Crippen LogP contribution >= 0.6 is 11.3 Å². The molecule has 142 valence electrons. The van der Waals surface area contributed by atoms with Crippen molar-refractivity contribution in [1.29, 1.82) is 0 Å². The predicted molar refractivity (Wildman–Crippen MR) is 107 cm³/mol. The van der Waals surface area contributed by atoms with Crippen molar-refractivity contribution in [1.82, 2.24) is 15.5 Å². The van der Waals surface area contributed by atoms with Gasteiger partial charge in [-0.05, 0) is 68.1 Å². The first-order chi connectivity index (χ1) is 11.9. The van der Waals surface area contributed by atoms with Crippen LogP contribution in [0.1, 0.15) is 46.1 Å². The van der Waals surface area contributed by atoms with Gasteiger partial charge in [-0.2, -0.15) is 11.3 Å². The van der Waals surface area contributed by atoms with Crippen LogP contribution in [0.2, 0.25) is 0 Å². The van der Waals surface area contributed by atoms with Gasteiger partial charge in [0.1, 0.15) is 5.60 Å². The molecule has 0 bridgehead atoms. The Morgan fingerprint density at radius 1 is 1.36 bits per heavy atom. The van der Waals surface area contributed by atoms with Crippen molar-refractivity contribution < 1.29 is 5.11 Å². The molecule has 2 unspecified atom stereocenters. The van der Waals surface area contributed by atoms with Gasteiger partial charge in [0.05, 0.1) is 6.54 Å². The second kappa shape index (κ2) is 9.55. The van der Waals surface area contributed by atoms with E-state index in [0.717, 1.165) is 24.6 Å². The first-order valence-electron chi connectivity index (χ1n) is 9.45. The number of aliphatic imine (C=N–C) groups is 1. The van der Waals surface area contributed by atoms with E-state index in [0.29, 0.717) is 18.5 Å². The molecular weight excluding hydrogens is 332 g/mol. The third kappa shape index (κ3) is 5.97. The zero-order valence-electron chi connectivity index (χ0n) is 16.1. The molecule has 25 heavy (non-hydrogen) atoms. The Kier molecular flexibility index (Phi) is 7.72. The third-order valence-corrected chi connectivity index (χ3v) is 5.57. The van der Waals surface area contributed by atoms with Crippen molar-refractivity contribution >= 4 is 17.3 Å². The van der Waals surface area contributed by atoms with Crippen LogP contribution in [0.15, 0.2) is 21.8 Å². The van der Waals surface area contributed by atoms with Crippen LogP contribution in [-0.2, 0) is 5.60 Å². The fourth-order valence-electron chi connectivity index (χ4n) is 3.30. The summed E-state index contributed by atoms with van der Waals surface area (Å²) < 4.78 is 0. The predicted octanol–water partition coefficient (Wildman–Crippen LogP) is 2.63. The molecule has 1 saturated heterocycles. The zero-order chi connectivity index (χ0) is 18.3. The quantitative estimate of drug-likeness (QED) is 0.489. The monoisotopic (exact) mass is 366 g/mol. The van der Waals surface area contributed by atoms with E-state index in [9.17, 15) is 5.11 Å².